The Bertz CT molecular complexity index is 3350. The van der Waals surface area contributed by atoms with Crippen LogP contribution in [0.2, 0.25) is 0 Å². The van der Waals surface area contributed by atoms with Gasteiger partial charge in [-0.1, -0.05) is 164 Å². The van der Waals surface area contributed by atoms with Crippen LogP contribution in [-0.4, -0.2) is 11.1 Å². The van der Waals surface area contributed by atoms with Crippen LogP contribution in [0.4, 0.5) is 34.1 Å². The Morgan fingerprint density at radius 2 is 0.897 bits per heavy atom. The topological polar surface area (TPSA) is 10.9 Å². The number of nitrogens with zero attached hydrogens (tertiary/aromatic N) is 3. The Labute approximate surface area is 336 Å². The zero-order valence-electron chi connectivity index (χ0n) is 31.5. The van der Waals surface area contributed by atoms with Gasteiger partial charge in [0, 0.05) is 61.1 Å². The molecule has 2 aliphatic heterocycles. The van der Waals surface area contributed by atoms with Gasteiger partial charge in [-0.2, -0.15) is 0 Å². The molecule has 0 N–H and O–H groups in total. The second-order valence-electron chi connectivity index (χ2n) is 15.6. The summed E-state index contributed by atoms with van der Waals surface area (Å²) in [5, 5.41) is 5.17. The number of hydrogen-bond acceptors (Lipinski definition) is 2. The van der Waals surface area contributed by atoms with Crippen molar-refractivity contribution in [2.24, 2.45) is 0 Å². The van der Waals surface area contributed by atoms with Gasteiger partial charge < -0.3 is 14.2 Å². The maximum atomic E-state index is 2.61. The number of anilines is 6. The second-order valence-corrected chi connectivity index (χ2v) is 15.6. The summed E-state index contributed by atoms with van der Waals surface area (Å²) >= 11 is 0. The van der Waals surface area contributed by atoms with Crippen molar-refractivity contribution in [3.63, 3.8) is 0 Å². The molecule has 0 bridgehead atoms. The van der Waals surface area contributed by atoms with E-state index in [1.807, 2.05) is 0 Å². The number of fused-ring (bicyclic) bond motifs is 10. The van der Waals surface area contributed by atoms with Crippen molar-refractivity contribution >= 4 is 95.3 Å². The molecule has 0 radical (unpaired) electrons. The first-order chi connectivity index (χ1) is 28.8. The Morgan fingerprint density at radius 3 is 1.64 bits per heavy atom. The number of para-hydroxylation sites is 5. The Hall–Kier alpha value is -7.56. The highest BCUT2D eigenvalue weighted by Crippen LogP contribution is 2.51. The highest BCUT2D eigenvalue weighted by Gasteiger charge is 2.44. The van der Waals surface area contributed by atoms with E-state index >= 15 is 0 Å². The second kappa shape index (κ2) is 12.0. The molecule has 2 aliphatic rings. The van der Waals surface area contributed by atoms with Crippen LogP contribution in [-0.2, 0) is 0 Å². The summed E-state index contributed by atoms with van der Waals surface area (Å²) in [5.74, 6) is 0. The lowest BCUT2D eigenvalue weighted by molar-refractivity contribution is 1.25. The molecular formula is C54H34BN3. The molecule has 0 unspecified atom stereocenters. The smallest absolute Gasteiger partial charge is 0.252 e. The fourth-order valence-corrected chi connectivity index (χ4v) is 10.4. The highest BCUT2D eigenvalue weighted by atomic mass is 15.2. The molecule has 0 aliphatic carbocycles. The first kappa shape index (κ1) is 31.6. The lowest BCUT2D eigenvalue weighted by Gasteiger charge is -2.44. The molecule has 2 aromatic heterocycles. The largest absolute Gasteiger partial charge is 0.311 e. The third kappa shape index (κ3) is 4.24. The zero-order chi connectivity index (χ0) is 37.9. The van der Waals surface area contributed by atoms with Gasteiger partial charge in [-0.3, -0.25) is 0 Å². The minimum absolute atomic E-state index is 0.0129. The number of hydrogen-bond donors (Lipinski definition) is 0. The summed E-state index contributed by atoms with van der Waals surface area (Å²) < 4.78 is 2.52. The quantitative estimate of drug-likeness (QED) is 0.167. The van der Waals surface area contributed by atoms with Crippen molar-refractivity contribution in [2.75, 3.05) is 9.80 Å². The van der Waals surface area contributed by atoms with Crippen molar-refractivity contribution < 1.29 is 0 Å². The number of benzene rings is 9. The van der Waals surface area contributed by atoms with Gasteiger partial charge in [0.15, 0.2) is 0 Å². The van der Waals surface area contributed by atoms with Crippen LogP contribution in [0.1, 0.15) is 0 Å². The summed E-state index contributed by atoms with van der Waals surface area (Å²) in [6, 6.07) is 76.3. The summed E-state index contributed by atoms with van der Waals surface area (Å²) in [6.45, 7) is 0.0129. The minimum Gasteiger partial charge on any atom is -0.311 e. The molecule has 4 heterocycles. The number of rotatable bonds is 4. The molecule has 0 saturated carbocycles. The van der Waals surface area contributed by atoms with Gasteiger partial charge >= 0.3 is 0 Å². The van der Waals surface area contributed by atoms with Crippen LogP contribution in [0.15, 0.2) is 206 Å². The van der Waals surface area contributed by atoms with Gasteiger partial charge in [0.1, 0.15) is 0 Å². The molecule has 13 rings (SSSR count). The monoisotopic (exact) mass is 735 g/mol. The van der Waals surface area contributed by atoms with E-state index in [9.17, 15) is 0 Å². The maximum Gasteiger partial charge on any atom is 0.252 e. The molecule has 0 amide bonds. The Kier molecular flexibility index (Phi) is 6.53. The molecule has 4 heteroatoms. The summed E-state index contributed by atoms with van der Waals surface area (Å²) in [4.78, 5) is 5.08. The summed E-state index contributed by atoms with van der Waals surface area (Å²) in [5.41, 5.74) is 19.6. The molecular weight excluding hydrogens is 701 g/mol. The van der Waals surface area contributed by atoms with Crippen molar-refractivity contribution in [3.05, 3.63) is 206 Å². The van der Waals surface area contributed by atoms with E-state index < -0.39 is 0 Å². The standard InChI is InChI=1S/C54H34BN3/c1-4-17-35(18-5-1)38-24-14-25-39(36-19-6-2-7-20-36)53(38)58-49-32-16-31-48-52(49)55(44-28-11-13-30-47(44)56(48)37-21-8-3-9-22-37)45-33-43-42-27-15-26-41-40-23-10-12-29-46(40)57(54(41)42)50(43)34-51(45)58/h1-34H. The molecule has 268 valence electrons. The third-order valence-electron chi connectivity index (χ3n) is 12.7. The van der Waals surface area contributed by atoms with Crippen LogP contribution in [0.5, 0.6) is 0 Å². The maximum absolute atomic E-state index is 2.61. The van der Waals surface area contributed by atoms with Gasteiger partial charge in [-0.15, -0.1) is 0 Å². The van der Waals surface area contributed by atoms with Crippen LogP contribution < -0.4 is 26.2 Å². The lowest BCUT2D eigenvalue weighted by Crippen LogP contribution is -2.61. The molecule has 0 spiro atoms. The van der Waals surface area contributed by atoms with Gasteiger partial charge in [0.2, 0.25) is 0 Å². The van der Waals surface area contributed by atoms with E-state index in [4.69, 9.17) is 0 Å². The zero-order valence-corrected chi connectivity index (χ0v) is 31.5. The van der Waals surface area contributed by atoms with Crippen LogP contribution >= 0.6 is 0 Å². The van der Waals surface area contributed by atoms with E-state index in [2.05, 4.69) is 220 Å². The fraction of sp³-hybridized carbons (Fsp3) is 0. The average Bonchev–Trinajstić information content (AvgIpc) is 3.81. The van der Waals surface area contributed by atoms with Gasteiger partial charge in [-0.25, -0.2) is 0 Å². The van der Waals surface area contributed by atoms with Crippen LogP contribution in [0, 0.1) is 0 Å². The Morgan fingerprint density at radius 1 is 0.345 bits per heavy atom. The SMILES string of the molecule is c1ccc(-c2cccc(-c3ccccc3)c2N2c3cc4c(cc3B3c5ccccc5N(c5ccccc5)c5cccc2c53)c2cccc3c5ccccc5n4c32)cc1. The first-order valence-corrected chi connectivity index (χ1v) is 20.2. The molecule has 3 nitrogen and oxygen atoms in total. The van der Waals surface area contributed by atoms with E-state index in [1.165, 1.54) is 105 Å². The molecule has 0 atom stereocenters. The molecule has 9 aromatic carbocycles. The predicted octanol–water partition coefficient (Wildman–Crippen LogP) is 12.3. The van der Waals surface area contributed by atoms with Gasteiger partial charge in [-0.05, 0) is 70.0 Å². The summed E-state index contributed by atoms with van der Waals surface area (Å²) in [6.07, 6.45) is 0. The number of aromatic nitrogens is 1. The van der Waals surface area contributed by atoms with Crippen molar-refractivity contribution in [2.45, 2.75) is 0 Å². The van der Waals surface area contributed by atoms with Gasteiger partial charge in [0.25, 0.3) is 6.71 Å². The lowest BCUT2D eigenvalue weighted by atomic mass is 9.33. The fourth-order valence-electron chi connectivity index (χ4n) is 10.4. The van der Waals surface area contributed by atoms with Crippen molar-refractivity contribution in [1.29, 1.82) is 0 Å². The minimum atomic E-state index is 0.0129. The molecule has 0 fully saturated rings. The Balaban J connectivity index is 1.21. The van der Waals surface area contributed by atoms with E-state index in [0.29, 0.717) is 0 Å². The molecule has 11 aromatic rings. The predicted molar refractivity (Wildman–Crippen MR) is 246 cm³/mol. The van der Waals surface area contributed by atoms with E-state index in [0.717, 1.165) is 5.69 Å². The van der Waals surface area contributed by atoms with E-state index in [-0.39, 0.29) is 6.71 Å². The molecule has 58 heavy (non-hydrogen) atoms. The summed E-state index contributed by atoms with van der Waals surface area (Å²) in [7, 11) is 0. The van der Waals surface area contributed by atoms with E-state index in [1.54, 1.807) is 0 Å². The third-order valence-corrected chi connectivity index (χ3v) is 12.7. The van der Waals surface area contributed by atoms with Gasteiger partial charge in [0.05, 0.1) is 22.2 Å². The molecule has 0 saturated heterocycles. The van der Waals surface area contributed by atoms with Crippen molar-refractivity contribution in [1.82, 2.24) is 4.40 Å². The first-order valence-electron chi connectivity index (χ1n) is 20.2. The van der Waals surface area contributed by atoms with Crippen LogP contribution in [0.25, 0.3) is 60.3 Å². The highest BCUT2D eigenvalue weighted by molar-refractivity contribution is 7.00. The van der Waals surface area contributed by atoms with Crippen molar-refractivity contribution in [3.8, 4) is 22.3 Å². The van der Waals surface area contributed by atoms with Crippen LogP contribution in [0.3, 0.4) is 0 Å². The average molecular weight is 736 g/mol. The normalized spacial score (nSPS) is 13.1.